The van der Waals surface area contributed by atoms with Crippen molar-refractivity contribution >= 4 is 8.80 Å². The number of epoxide rings is 1. The Kier molecular flexibility index (Phi) is 13.9. The molecule has 0 spiro atoms. The SMILES string of the molecule is CCCCO[Si](CCCCOCC1CO1)(OCCCC)OCCCC. The van der Waals surface area contributed by atoms with Crippen LogP contribution in [0.3, 0.4) is 0 Å². The van der Waals surface area contributed by atoms with Gasteiger partial charge in [0, 0.05) is 32.5 Å². The summed E-state index contributed by atoms with van der Waals surface area (Å²) in [7, 11) is -2.56. The van der Waals surface area contributed by atoms with E-state index in [-0.39, 0.29) is 0 Å². The lowest BCUT2D eigenvalue weighted by Gasteiger charge is -2.30. The Labute approximate surface area is 156 Å². The minimum Gasteiger partial charge on any atom is -0.379 e. The molecule has 6 heteroatoms. The summed E-state index contributed by atoms with van der Waals surface area (Å²) in [6.07, 6.45) is 8.98. The fourth-order valence-electron chi connectivity index (χ4n) is 2.38. The summed E-state index contributed by atoms with van der Waals surface area (Å²) in [6.45, 7) is 11.2. The number of hydrogen-bond acceptors (Lipinski definition) is 5. The van der Waals surface area contributed by atoms with Crippen LogP contribution < -0.4 is 0 Å². The fraction of sp³-hybridized carbons (Fsp3) is 1.00. The van der Waals surface area contributed by atoms with E-state index in [1.165, 1.54) is 0 Å². The van der Waals surface area contributed by atoms with Crippen molar-refractivity contribution in [2.75, 3.05) is 39.6 Å². The lowest BCUT2D eigenvalue weighted by Crippen LogP contribution is -2.46. The highest BCUT2D eigenvalue weighted by atomic mass is 28.4. The van der Waals surface area contributed by atoms with Gasteiger partial charge in [-0.25, -0.2) is 0 Å². The predicted octanol–water partition coefficient (Wildman–Crippen LogP) is 4.57. The van der Waals surface area contributed by atoms with Crippen molar-refractivity contribution in [1.82, 2.24) is 0 Å². The van der Waals surface area contributed by atoms with Gasteiger partial charge in [-0.15, -0.1) is 0 Å². The van der Waals surface area contributed by atoms with E-state index >= 15 is 0 Å². The van der Waals surface area contributed by atoms with Crippen molar-refractivity contribution < 1.29 is 22.8 Å². The van der Waals surface area contributed by atoms with E-state index in [9.17, 15) is 0 Å². The zero-order valence-corrected chi connectivity index (χ0v) is 17.7. The predicted molar refractivity (Wildman–Crippen MR) is 103 cm³/mol. The highest BCUT2D eigenvalue weighted by Crippen LogP contribution is 2.21. The van der Waals surface area contributed by atoms with Gasteiger partial charge in [0.2, 0.25) is 0 Å². The van der Waals surface area contributed by atoms with Crippen LogP contribution >= 0.6 is 0 Å². The van der Waals surface area contributed by atoms with Gasteiger partial charge in [-0.3, -0.25) is 0 Å². The molecular formula is C19H40O5Si. The molecule has 0 aliphatic carbocycles. The molecule has 5 nitrogen and oxygen atoms in total. The number of ether oxygens (including phenoxy) is 2. The van der Waals surface area contributed by atoms with Gasteiger partial charge in [0.05, 0.1) is 13.2 Å². The molecule has 1 fully saturated rings. The zero-order chi connectivity index (χ0) is 18.2. The molecule has 150 valence electrons. The minimum absolute atomic E-state index is 0.348. The Hall–Kier alpha value is 0.0169. The van der Waals surface area contributed by atoms with Crippen LogP contribution in [0.1, 0.15) is 72.1 Å². The van der Waals surface area contributed by atoms with Gasteiger partial charge >= 0.3 is 8.80 Å². The molecule has 1 atom stereocenters. The summed E-state index contributed by atoms with van der Waals surface area (Å²) in [6, 6.07) is 0.896. The van der Waals surface area contributed by atoms with Gasteiger partial charge < -0.3 is 22.8 Å². The molecule has 0 aromatic heterocycles. The summed E-state index contributed by atoms with van der Waals surface area (Å²) in [4.78, 5) is 0. The third-order valence-corrected chi connectivity index (χ3v) is 7.09. The molecule has 0 saturated carbocycles. The molecule has 1 saturated heterocycles. The molecule has 0 bridgehead atoms. The molecular weight excluding hydrogens is 336 g/mol. The number of unbranched alkanes of at least 4 members (excludes halogenated alkanes) is 4. The highest BCUT2D eigenvalue weighted by Gasteiger charge is 2.40. The summed E-state index contributed by atoms with van der Waals surface area (Å²) in [5, 5.41) is 0. The Morgan fingerprint density at radius 1 is 0.760 bits per heavy atom. The van der Waals surface area contributed by atoms with E-state index in [1.54, 1.807) is 0 Å². The third kappa shape index (κ3) is 12.1. The second-order valence-corrected chi connectivity index (χ2v) is 9.51. The number of hydrogen-bond donors (Lipinski definition) is 0. The van der Waals surface area contributed by atoms with Crippen LogP contribution in [-0.4, -0.2) is 54.5 Å². The first-order valence-electron chi connectivity index (χ1n) is 10.4. The van der Waals surface area contributed by atoms with E-state index in [4.69, 9.17) is 22.8 Å². The lowest BCUT2D eigenvalue weighted by molar-refractivity contribution is 0.0545. The molecule has 1 heterocycles. The standard InChI is InChI=1S/C19H40O5Si/c1-4-7-13-22-25(23-14-8-5-2,24-15-9-6-3)16-11-10-12-20-17-19-18-21-19/h19H,4-18H2,1-3H3. The van der Waals surface area contributed by atoms with Gasteiger partial charge in [-0.1, -0.05) is 40.0 Å². The van der Waals surface area contributed by atoms with Gasteiger partial charge in [0.15, 0.2) is 0 Å². The zero-order valence-electron chi connectivity index (χ0n) is 16.7. The minimum atomic E-state index is -2.56. The molecule has 0 amide bonds. The molecule has 1 aliphatic rings. The molecule has 0 aromatic rings. The third-order valence-electron chi connectivity index (χ3n) is 4.19. The maximum absolute atomic E-state index is 6.25. The van der Waals surface area contributed by atoms with Crippen LogP contribution in [0.4, 0.5) is 0 Å². The van der Waals surface area contributed by atoms with Gasteiger partial charge in [0.25, 0.3) is 0 Å². The summed E-state index contributed by atoms with van der Waals surface area (Å²) in [5.74, 6) is 0. The van der Waals surface area contributed by atoms with Gasteiger partial charge in [-0.05, 0) is 32.1 Å². The second-order valence-electron chi connectivity index (χ2n) is 6.78. The van der Waals surface area contributed by atoms with Crippen LogP contribution in [0.5, 0.6) is 0 Å². The van der Waals surface area contributed by atoms with E-state index < -0.39 is 8.80 Å². The topological polar surface area (TPSA) is 49.5 Å². The van der Waals surface area contributed by atoms with Gasteiger partial charge in [0.1, 0.15) is 6.10 Å². The Morgan fingerprint density at radius 2 is 1.28 bits per heavy atom. The van der Waals surface area contributed by atoms with Crippen molar-refractivity contribution in [1.29, 1.82) is 0 Å². The molecule has 25 heavy (non-hydrogen) atoms. The van der Waals surface area contributed by atoms with Crippen molar-refractivity contribution in [3.05, 3.63) is 0 Å². The molecule has 1 unspecified atom stereocenters. The van der Waals surface area contributed by atoms with E-state index in [0.29, 0.717) is 6.10 Å². The fourth-order valence-corrected chi connectivity index (χ4v) is 5.11. The first-order chi connectivity index (χ1) is 12.3. The maximum Gasteiger partial charge on any atom is 0.500 e. The van der Waals surface area contributed by atoms with E-state index in [0.717, 1.165) is 97.1 Å². The lowest BCUT2D eigenvalue weighted by atomic mass is 10.3. The Bertz CT molecular complexity index is 273. The van der Waals surface area contributed by atoms with Gasteiger partial charge in [-0.2, -0.15) is 0 Å². The van der Waals surface area contributed by atoms with Crippen LogP contribution in [0.25, 0.3) is 0 Å². The average molecular weight is 377 g/mol. The molecule has 1 rings (SSSR count). The maximum atomic E-state index is 6.25. The van der Waals surface area contributed by atoms with E-state index in [1.807, 2.05) is 0 Å². The Balaban J connectivity index is 2.40. The summed E-state index contributed by atoms with van der Waals surface area (Å²) >= 11 is 0. The van der Waals surface area contributed by atoms with Crippen LogP contribution in [0, 0.1) is 0 Å². The quantitative estimate of drug-likeness (QED) is 0.188. The molecule has 0 aromatic carbocycles. The monoisotopic (exact) mass is 376 g/mol. The largest absolute Gasteiger partial charge is 0.500 e. The summed E-state index contributed by atoms with van der Waals surface area (Å²) in [5.41, 5.74) is 0. The van der Waals surface area contributed by atoms with Crippen molar-refractivity contribution in [3.8, 4) is 0 Å². The van der Waals surface area contributed by atoms with E-state index in [2.05, 4.69) is 20.8 Å². The second kappa shape index (κ2) is 15.1. The summed E-state index contributed by atoms with van der Waals surface area (Å²) < 4.78 is 29.5. The highest BCUT2D eigenvalue weighted by molar-refractivity contribution is 6.60. The van der Waals surface area contributed by atoms with Crippen LogP contribution in [0.2, 0.25) is 6.04 Å². The Morgan fingerprint density at radius 3 is 1.72 bits per heavy atom. The molecule has 0 N–H and O–H groups in total. The van der Waals surface area contributed by atoms with Crippen LogP contribution in [0.15, 0.2) is 0 Å². The van der Waals surface area contributed by atoms with Crippen LogP contribution in [-0.2, 0) is 22.8 Å². The molecule has 1 aliphatic heterocycles. The first kappa shape index (κ1) is 23.1. The van der Waals surface area contributed by atoms with Crippen molar-refractivity contribution in [3.63, 3.8) is 0 Å². The van der Waals surface area contributed by atoms with Crippen molar-refractivity contribution in [2.45, 2.75) is 84.3 Å². The average Bonchev–Trinajstić information content (AvgIpc) is 3.43. The first-order valence-corrected chi connectivity index (χ1v) is 12.3. The molecule has 0 radical (unpaired) electrons. The number of rotatable bonds is 19. The van der Waals surface area contributed by atoms with Crippen molar-refractivity contribution in [2.24, 2.45) is 0 Å². The normalized spacial score (nSPS) is 17.2. The smallest absolute Gasteiger partial charge is 0.379 e.